The van der Waals surface area contributed by atoms with E-state index in [1.165, 1.54) is 12.8 Å². The third-order valence-electron chi connectivity index (χ3n) is 6.10. The first-order chi connectivity index (χ1) is 13.0. The maximum Gasteiger partial charge on any atom is 0.309 e. The summed E-state index contributed by atoms with van der Waals surface area (Å²) in [6.07, 6.45) is 5.43. The Morgan fingerprint density at radius 2 is 1.81 bits per heavy atom. The van der Waals surface area contributed by atoms with Gasteiger partial charge in [0.25, 0.3) is 0 Å². The first kappa shape index (κ1) is 17.0. The molecule has 2 fully saturated rings. The van der Waals surface area contributed by atoms with E-state index in [1.54, 1.807) is 12.1 Å². The van der Waals surface area contributed by atoms with Crippen LogP contribution in [0.25, 0.3) is 21.9 Å². The van der Waals surface area contributed by atoms with E-state index in [0.717, 1.165) is 40.1 Å². The van der Waals surface area contributed by atoms with Crippen molar-refractivity contribution in [3.63, 3.8) is 0 Å². The maximum atomic E-state index is 12.5. The number of fused-ring (bicyclic) bond motifs is 3. The van der Waals surface area contributed by atoms with Crippen LogP contribution >= 0.6 is 15.9 Å². The van der Waals surface area contributed by atoms with E-state index in [0.29, 0.717) is 16.6 Å². The monoisotopic (exact) mass is 426 g/mol. The van der Waals surface area contributed by atoms with Crippen molar-refractivity contribution in [2.24, 2.45) is 11.3 Å². The van der Waals surface area contributed by atoms with Crippen molar-refractivity contribution in [1.29, 1.82) is 0 Å². The zero-order chi connectivity index (χ0) is 18.6. The quantitative estimate of drug-likeness (QED) is 0.399. The molecular formula is C22H19BrO4. The minimum Gasteiger partial charge on any atom is -0.457 e. The lowest BCUT2D eigenvalue weighted by molar-refractivity contribution is -0.147. The van der Waals surface area contributed by atoms with Crippen LogP contribution in [-0.4, -0.2) is 18.4 Å². The number of furan rings is 1. The maximum absolute atomic E-state index is 12.5. The summed E-state index contributed by atoms with van der Waals surface area (Å²) >= 11 is 3.44. The molecule has 5 heteroatoms. The standard InChI is InChI=1S/C22H19BrO4/c23-15-2-4-17-16-3-1-13(9-19(16)27-20(17)10-15)18(24)12-26-21(25)14-5-6-22(11-14)7-8-22/h1-4,9-10,14H,5-8,11-12H2/t14-/m0/s1. The first-order valence-corrected chi connectivity index (χ1v) is 10.1. The van der Waals surface area contributed by atoms with Crippen molar-refractivity contribution < 1.29 is 18.7 Å². The zero-order valence-corrected chi connectivity index (χ0v) is 16.4. The smallest absolute Gasteiger partial charge is 0.309 e. The molecule has 0 N–H and O–H groups in total. The summed E-state index contributed by atoms with van der Waals surface area (Å²) in [6.45, 7) is -0.209. The van der Waals surface area contributed by atoms with Crippen LogP contribution in [0.5, 0.6) is 0 Å². The van der Waals surface area contributed by atoms with Crippen molar-refractivity contribution >= 4 is 49.6 Å². The van der Waals surface area contributed by atoms with E-state index in [1.807, 2.05) is 24.3 Å². The molecule has 0 saturated heterocycles. The second-order valence-electron chi connectivity index (χ2n) is 7.92. The van der Waals surface area contributed by atoms with E-state index < -0.39 is 0 Å². The number of hydrogen-bond donors (Lipinski definition) is 0. The predicted molar refractivity (Wildman–Crippen MR) is 106 cm³/mol. The number of halogens is 1. The fourth-order valence-corrected chi connectivity index (χ4v) is 4.64. The number of hydrogen-bond acceptors (Lipinski definition) is 4. The number of benzene rings is 2. The lowest BCUT2D eigenvalue weighted by Gasteiger charge is -2.10. The van der Waals surface area contributed by atoms with Gasteiger partial charge in [-0.25, -0.2) is 0 Å². The highest BCUT2D eigenvalue weighted by Gasteiger charge is 2.50. The number of esters is 1. The Balaban J connectivity index is 1.30. The van der Waals surface area contributed by atoms with Crippen molar-refractivity contribution in [1.82, 2.24) is 0 Å². The minimum absolute atomic E-state index is 0.0309. The van der Waals surface area contributed by atoms with E-state index in [-0.39, 0.29) is 24.3 Å². The molecule has 0 amide bonds. The Hall–Kier alpha value is -2.14. The summed E-state index contributed by atoms with van der Waals surface area (Å²) < 4.78 is 12.1. The largest absolute Gasteiger partial charge is 0.457 e. The van der Waals surface area contributed by atoms with Gasteiger partial charge in [-0.05, 0) is 67.9 Å². The molecule has 0 aliphatic heterocycles. The summed E-state index contributed by atoms with van der Waals surface area (Å²) in [7, 11) is 0. The van der Waals surface area contributed by atoms with Gasteiger partial charge < -0.3 is 9.15 Å². The van der Waals surface area contributed by atoms with Gasteiger partial charge in [0.1, 0.15) is 11.2 Å². The number of ether oxygens (including phenoxy) is 1. The molecule has 3 aromatic rings. The van der Waals surface area contributed by atoms with Gasteiger partial charge >= 0.3 is 5.97 Å². The first-order valence-electron chi connectivity index (χ1n) is 9.35. The molecule has 1 spiro atoms. The third kappa shape index (κ3) is 3.08. The fraction of sp³-hybridized carbons (Fsp3) is 0.364. The SMILES string of the molecule is O=C(COC(=O)[C@H]1CCC2(CC2)C1)c1ccc2c(c1)oc1cc(Br)ccc12. The lowest BCUT2D eigenvalue weighted by Crippen LogP contribution is -2.20. The summed E-state index contributed by atoms with van der Waals surface area (Å²) in [4.78, 5) is 24.8. The van der Waals surface area contributed by atoms with Crippen LogP contribution < -0.4 is 0 Å². The van der Waals surface area contributed by atoms with Crippen molar-refractivity contribution in [3.05, 3.63) is 46.4 Å². The normalized spacial score (nSPS) is 20.4. The molecule has 0 bridgehead atoms. The number of carbonyl (C=O) groups excluding carboxylic acids is 2. The third-order valence-corrected chi connectivity index (χ3v) is 6.59. The van der Waals surface area contributed by atoms with Crippen LogP contribution in [0.4, 0.5) is 0 Å². The van der Waals surface area contributed by atoms with Crippen molar-refractivity contribution in [2.75, 3.05) is 6.61 Å². The molecule has 1 aromatic heterocycles. The Morgan fingerprint density at radius 3 is 2.56 bits per heavy atom. The van der Waals surface area contributed by atoms with Gasteiger partial charge in [0.2, 0.25) is 0 Å². The van der Waals surface area contributed by atoms with Gasteiger partial charge in [-0.3, -0.25) is 9.59 Å². The van der Waals surface area contributed by atoms with Crippen LogP contribution in [0.2, 0.25) is 0 Å². The fourth-order valence-electron chi connectivity index (χ4n) is 4.30. The Labute approximate surface area is 165 Å². The number of carbonyl (C=O) groups is 2. The molecule has 1 heterocycles. The van der Waals surface area contributed by atoms with Gasteiger partial charge in [-0.15, -0.1) is 0 Å². The van der Waals surface area contributed by atoms with Gasteiger partial charge in [-0.1, -0.05) is 22.0 Å². The average molecular weight is 427 g/mol. The van der Waals surface area contributed by atoms with Crippen LogP contribution in [0.15, 0.2) is 45.3 Å². The van der Waals surface area contributed by atoms with Crippen LogP contribution in [-0.2, 0) is 9.53 Å². The predicted octanol–water partition coefficient (Wildman–Crippen LogP) is 5.65. The minimum atomic E-state index is -0.221. The second kappa shape index (κ2) is 6.20. The van der Waals surface area contributed by atoms with Gasteiger partial charge in [0.05, 0.1) is 5.92 Å². The molecule has 5 rings (SSSR count). The molecule has 0 radical (unpaired) electrons. The Morgan fingerprint density at radius 1 is 1.07 bits per heavy atom. The summed E-state index contributed by atoms with van der Waals surface area (Å²) in [6, 6.07) is 11.2. The van der Waals surface area contributed by atoms with E-state index in [2.05, 4.69) is 15.9 Å². The highest BCUT2D eigenvalue weighted by Crippen LogP contribution is 2.59. The second-order valence-corrected chi connectivity index (χ2v) is 8.84. The number of Topliss-reactive ketones (excluding diaryl/α,β-unsaturated/α-hetero) is 1. The van der Waals surface area contributed by atoms with Crippen molar-refractivity contribution in [3.8, 4) is 0 Å². The molecule has 2 aliphatic carbocycles. The molecule has 2 saturated carbocycles. The molecule has 27 heavy (non-hydrogen) atoms. The van der Waals surface area contributed by atoms with Gasteiger partial charge in [0.15, 0.2) is 12.4 Å². The van der Waals surface area contributed by atoms with Gasteiger partial charge in [-0.2, -0.15) is 0 Å². The molecule has 1 atom stereocenters. The molecule has 0 unspecified atom stereocenters. The molecule has 2 aliphatic rings. The molecular weight excluding hydrogens is 408 g/mol. The van der Waals surface area contributed by atoms with E-state index in [9.17, 15) is 9.59 Å². The average Bonchev–Trinajstić information content (AvgIpc) is 3.13. The highest BCUT2D eigenvalue weighted by molar-refractivity contribution is 9.10. The van der Waals surface area contributed by atoms with Crippen LogP contribution in [0.3, 0.4) is 0 Å². The number of ketones is 1. The van der Waals surface area contributed by atoms with Crippen LogP contribution in [0.1, 0.15) is 42.5 Å². The Bertz CT molecular complexity index is 1080. The lowest BCUT2D eigenvalue weighted by atomic mass is 10.0. The van der Waals surface area contributed by atoms with Crippen LogP contribution in [0, 0.1) is 11.3 Å². The van der Waals surface area contributed by atoms with Gasteiger partial charge in [0, 0.05) is 20.8 Å². The summed E-state index contributed by atoms with van der Waals surface area (Å²) in [5.74, 6) is -0.454. The van der Waals surface area contributed by atoms with E-state index in [4.69, 9.17) is 9.15 Å². The van der Waals surface area contributed by atoms with Crippen molar-refractivity contribution in [2.45, 2.75) is 32.1 Å². The molecule has 2 aromatic carbocycles. The summed E-state index contributed by atoms with van der Waals surface area (Å²) in [5, 5.41) is 1.97. The molecule has 138 valence electrons. The topological polar surface area (TPSA) is 56.5 Å². The Kier molecular flexibility index (Phi) is 3.90. The molecule has 4 nitrogen and oxygen atoms in total. The summed E-state index contributed by atoms with van der Waals surface area (Å²) in [5.41, 5.74) is 2.35. The zero-order valence-electron chi connectivity index (χ0n) is 14.8. The number of rotatable bonds is 4. The van der Waals surface area contributed by atoms with E-state index >= 15 is 0 Å². The highest BCUT2D eigenvalue weighted by atomic mass is 79.9.